The van der Waals surface area contributed by atoms with Gasteiger partial charge in [0.1, 0.15) is 0 Å². The minimum Gasteiger partial charge on any atom is -0.0683 e. The van der Waals surface area contributed by atoms with Crippen molar-refractivity contribution in [2.45, 2.75) is 433 Å². The molecule has 23 atom stereocenters. The Hall–Kier alpha value is 0. The lowest BCUT2D eigenvalue weighted by Gasteiger charge is -2.55. The molecule has 0 spiro atoms. The molecule has 0 aromatic heterocycles. The maximum atomic E-state index is 2.54. The quantitative estimate of drug-likeness (QED) is 0.227. The average Bonchev–Trinajstić information content (AvgIpc) is 1.55. The highest BCUT2D eigenvalue weighted by atomic mass is 14.6. The summed E-state index contributed by atoms with van der Waals surface area (Å²) in [5.41, 5.74) is 5.01. The normalized spacial score (nSPS) is 51.6. The van der Waals surface area contributed by atoms with Crippen molar-refractivity contribution in [3.05, 3.63) is 0 Å². The highest BCUT2D eigenvalue weighted by Gasteiger charge is 2.60. The fraction of sp³-hybridized carbons (Fsp3) is 1.00. The first-order valence-electron chi connectivity index (χ1n) is 47.5. The molecule has 0 amide bonds. The summed E-state index contributed by atoms with van der Waals surface area (Å²) in [4.78, 5) is 0. The summed E-state index contributed by atoms with van der Waals surface area (Å²) in [7, 11) is 0. The van der Waals surface area contributed by atoms with Gasteiger partial charge in [-0.3, -0.25) is 0 Å². The van der Waals surface area contributed by atoms with E-state index in [1.54, 1.807) is 154 Å². The number of hydrogen-bond acceptors (Lipinski definition) is 0. The van der Waals surface area contributed by atoms with E-state index in [1.807, 2.05) is 13.8 Å². The van der Waals surface area contributed by atoms with Crippen LogP contribution in [0.2, 0.25) is 0 Å². The van der Waals surface area contributed by atoms with Crippen molar-refractivity contribution in [1.82, 2.24) is 0 Å². The molecule has 0 N–H and O–H groups in total. The molecule has 20 bridgehead atoms. The van der Waals surface area contributed by atoms with Gasteiger partial charge in [-0.1, -0.05) is 209 Å². The summed E-state index contributed by atoms with van der Waals surface area (Å²) in [6.45, 7) is 46.0. The lowest BCUT2D eigenvalue weighted by Crippen LogP contribution is -2.44. The molecule has 0 saturated heterocycles. The second-order valence-electron chi connectivity index (χ2n) is 46.8. The fourth-order valence-electron chi connectivity index (χ4n) is 33.0. The van der Waals surface area contributed by atoms with E-state index < -0.39 is 0 Å². The lowest BCUT2D eigenvalue weighted by molar-refractivity contribution is -0.0411. The Labute approximate surface area is 627 Å². The minimum absolute atomic E-state index is 0.631. The van der Waals surface area contributed by atoms with Gasteiger partial charge >= 0.3 is 0 Å². The third-order valence-corrected chi connectivity index (χ3v) is 39.5. The molecule has 26 rings (SSSR count). The van der Waals surface area contributed by atoms with Gasteiger partial charge in [-0.05, 0) is 422 Å². The van der Waals surface area contributed by atoms with Crippen LogP contribution in [0, 0.1) is 198 Å². The SMILES string of the molecule is C1CCC2CCCC2C1.CC.CC12CC3CC(CC(C3)C1)C2.CC12CCC(CC1)CC2.CC1CC2CC1C1CCCC21.CC1CC2CCC1(C)C2.CC1CC2CCC1(C)C2(C)C.CC1CC2CCC1C(C)(C)C2.CC1CC2CCC1C2.CC1CC2CCC1C2(C)C.CC1CC2CCC1CC2. The Morgan fingerprint density at radius 1 is 0.250 bits per heavy atom. The molecule has 23 unspecified atom stereocenters. The first kappa shape index (κ1) is 79.5. The van der Waals surface area contributed by atoms with Crippen molar-refractivity contribution >= 4 is 0 Å². The Morgan fingerprint density at radius 2 is 0.770 bits per heavy atom. The van der Waals surface area contributed by atoms with E-state index in [0.717, 1.165) is 146 Å². The first-order valence-corrected chi connectivity index (χ1v) is 47.5. The van der Waals surface area contributed by atoms with Crippen molar-refractivity contribution in [2.24, 2.45) is 198 Å². The van der Waals surface area contributed by atoms with Crippen LogP contribution in [0.5, 0.6) is 0 Å². The zero-order chi connectivity index (χ0) is 71.3. The van der Waals surface area contributed by atoms with Gasteiger partial charge < -0.3 is 0 Å². The fourth-order valence-corrected chi connectivity index (χ4v) is 33.0. The van der Waals surface area contributed by atoms with Crippen LogP contribution >= 0.6 is 0 Å². The summed E-state index contributed by atoms with van der Waals surface area (Å²) in [5, 5.41) is 0. The number of rotatable bonds is 0. The molecule has 26 aliphatic rings. The zero-order valence-electron chi connectivity index (χ0n) is 71.3. The van der Waals surface area contributed by atoms with Gasteiger partial charge in [0.2, 0.25) is 0 Å². The molecule has 0 aromatic carbocycles. The van der Waals surface area contributed by atoms with Gasteiger partial charge in [-0.25, -0.2) is 0 Å². The van der Waals surface area contributed by atoms with Crippen molar-refractivity contribution < 1.29 is 0 Å². The van der Waals surface area contributed by atoms with Crippen LogP contribution in [0.4, 0.5) is 0 Å². The van der Waals surface area contributed by atoms with E-state index in [-0.39, 0.29) is 0 Å². The third-order valence-electron chi connectivity index (χ3n) is 39.5. The third kappa shape index (κ3) is 17.7. The van der Waals surface area contributed by atoms with Crippen LogP contribution in [0.15, 0.2) is 0 Å². The van der Waals surface area contributed by atoms with Crippen molar-refractivity contribution in [2.75, 3.05) is 0 Å². The van der Waals surface area contributed by atoms with Gasteiger partial charge in [0.05, 0.1) is 0 Å². The second kappa shape index (κ2) is 32.9. The van der Waals surface area contributed by atoms with Crippen LogP contribution in [0.25, 0.3) is 0 Å². The van der Waals surface area contributed by atoms with Gasteiger partial charge in [0.25, 0.3) is 0 Å². The Morgan fingerprint density at radius 3 is 1.11 bits per heavy atom. The molecule has 26 aliphatic carbocycles. The molecule has 26 fully saturated rings. The molecule has 100 heavy (non-hydrogen) atoms. The monoisotopic (exact) mass is 1380 g/mol. The smallest absolute Gasteiger partial charge is 0.0246 e. The predicted octanol–water partition coefficient (Wildman–Crippen LogP) is 31.4. The van der Waals surface area contributed by atoms with Crippen LogP contribution in [-0.2, 0) is 0 Å². The molecule has 0 aromatic rings. The molecule has 0 radical (unpaired) electrons. The summed E-state index contributed by atoms with van der Waals surface area (Å²) in [6.07, 6.45) is 72.5. The highest BCUT2D eigenvalue weighted by molar-refractivity contribution is 5.09. The first-order chi connectivity index (χ1) is 47.5. The van der Waals surface area contributed by atoms with E-state index >= 15 is 0 Å². The highest BCUT2D eigenvalue weighted by Crippen LogP contribution is 2.69. The van der Waals surface area contributed by atoms with E-state index in [9.17, 15) is 0 Å². The molecule has 26 saturated carbocycles. The van der Waals surface area contributed by atoms with E-state index in [0.29, 0.717) is 21.7 Å². The number of hydrogen-bond donors (Lipinski definition) is 0. The van der Waals surface area contributed by atoms with Crippen molar-refractivity contribution in [1.29, 1.82) is 0 Å². The maximum Gasteiger partial charge on any atom is -0.0246 e. The summed E-state index contributed by atoms with van der Waals surface area (Å²) >= 11 is 0. The molecular weight excluding hydrogens is 1200 g/mol. The summed E-state index contributed by atoms with van der Waals surface area (Å²) < 4.78 is 0. The van der Waals surface area contributed by atoms with Gasteiger partial charge in [0, 0.05) is 0 Å². The summed E-state index contributed by atoms with van der Waals surface area (Å²) in [5.74, 6) is 29.8. The van der Waals surface area contributed by atoms with Crippen molar-refractivity contribution in [3.63, 3.8) is 0 Å². The second-order valence-corrected chi connectivity index (χ2v) is 46.8. The van der Waals surface area contributed by atoms with Gasteiger partial charge in [-0.2, -0.15) is 0 Å². The molecule has 0 heterocycles. The molecule has 0 heteroatoms. The van der Waals surface area contributed by atoms with Crippen LogP contribution in [0.1, 0.15) is 433 Å². The minimum atomic E-state index is 0.631. The topological polar surface area (TPSA) is 0 Å². The Kier molecular flexibility index (Phi) is 26.2. The Bertz CT molecular complexity index is 2400. The summed E-state index contributed by atoms with van der Waals surface area (Å²) in [6, 6.07) is 0. The molecular formula is C100H178. The molecule has 0 aliphatic heterocycles. The van der Waals surface area contributed by atoms with Gasteiger partial charge in [0.15, 0.2) is 0 Å². The lowest BCUT2D eigenvalue weighted by atomic mass is 9.50. The van der Waals surface area contributed by atoms with Crippen LogP contribution in [0.3, 0.4) is 0 Å². The van der Waals surface area contributed by atoms with Crippen LogP contribution in [-0.4, -0.2) is 0 Å². The zero-order valence-corrected chi connectivity index (χ0v) is 71.3. The maximum absolute atomic E-state index is 2.54. The Balaban J connectivity index is 0.000000105. The van der Waals surface area contributed by atoms with Gasteiger partial charge in [-0.15, -0.1) is 0 Å². The van der Waals surface area contributed by atoms with Crippen LogP contribution < -0.4 is 0 Å². The standard InChI is InChI=1S/2C11H18.2C11H20.C10H18.4C9H16.C8H14.C2H6/c1-11-5-8-2-9(6-11)4-10(3-8)7-11;1-7-5-8-6-11(7)10-4-2-3-9(8)10;1-8-7-9-5-6-11(8,4)10(9,2)3;1-8-6-9-4-5-10(8)11(2,3)7-9;1-7-6-8-4-5-9(7)10(8,2)3;1-9-5-2-8(3-6-9)4-7-9;1-7-5-8-3-4-9(7,2)6-8;1-7-6-8-2-4-9(7)5-3-8;1-2-5-9-7-3-6-8(9)4-1;1-6-4-7-2-3-8(6)5-7;1-2/h8-10H,2-7H2,1H3;7-11H,2-6H2,1H3;8-9H,5-7H2,1-4H3;8-10H,4-7H2,1-3H3;7-9H,4-6H2,1-3H3;8H,2-7H2,1H3;7-8H,3-6H2,1-2H3;7-9H,2-6H2,1H3;8-9H,1-7H2;6-8H,2-5H2,1H3;1-2H3. The predicted molar refractivity (Wildman–Crippen MR) is 436 cm³/mol. The largest absolute Gasteiger partial charge is 0.0683 e. The van der Waals surface area contributed by atoms with Crippen molar-refractivity contribution in [3.8, 4) is 0 Å². The van der Waals surface area contributed by atoms with E-state index in [1.165, 1.54) is 177 Å². The molecule has 578 valence electrons. The average molecular weight is 1380 g/mol. The van der Waals surface area contributed by atoms with E-state index in [2.05, 4.69) is 118 Å². The van der Waals surface area contributed by atoms with E-state index in [4.69, 9.17) is 0 Å². The molecule has 0 nitrogen and oxygen atoms in total. The number of fused-ring (bicyclic) bond motifs is 23.